The molecule has 0 saturated heterocycles. The molecule has 3 rings (SSSR count). The fourth-order valence-corrected chi connectivity index (χ4v) is 1.92. The van der Waals surface area contributed by atoms with Crippen molar-refractivity contribution in [1.29, 1.82) is 0 Å². The number of nitrogens with one attached hydrogen (secondary N) is 1. The van der Waals surface area contributed by atoms with E-state index in [1.54, 1.807) is 24.3 Å². The van der Waals surface area contributed by atoms with Gasteiger partial charge < -0.3 is 14.8 Å². The van der Waals surface area contributed by atoms with Crippen LogP contribution in [0.25, 0.3) is 0 Å². The van der Waals surface area contributed by atoms with Crippen molar-refractivity contribution in [3.63, 3.8) is 0 Å². The number of hydrogen-bond acceptors (Lipinski definition) is 4. The molecule has 1 aromatic heterocycles. The summed E-state index contributed by atoms with van der Waals surface area (Å²) in [6.07, 6.45) is 0.757. The molecule has 2 aromatic rings. The second-order valence-corrected chi connectivity index (χ2v) is 4.65. The highest BCUT2D eigenvalue weighted by Gasteiger charge is 2.27. The van der Waals surface area contributed by atoms with E-state index in [1.807, 2.05) is 12.1 Å². The minimum atomic E-state index is -0.706. The number of rotatable bonds is 2. The number of ether oxygens (including phenoxy) is 2. The van der Waals surface area contributed by atoms with Gasteiger partial charge in [0.25, 0.3) is 5.91 Å². The summed E-state index contributed by atoms with van der Waals surface area (Å²) in [6.45, 7) is 0.163. The Balaban J connectivity index is 1.68. The van der Waals surface area contributed by atoms with Gasteiger partial charge in [-0.1, -0.05) is 23.7 Å². The van der Waals surface area contributed by atoms with Crippen molar-refractivity contribution in [3.8, 4) is 11.5 Å². The zero-order valence-electron chi connectivity index (χ0n) is 10.4. The van der Waals surface area contributed by atoms with Crippen LogP contribution in [-0.2, 0) is 4.79 Å². The molecule has 0 bridgehead atoms. The van der Waals surface area contributed by atoms with E-state index in [2.05, 4.69) is 10.3 Å². The van der Waals surface area contributed by atoms with Crippen molar-refractivity contribution in [2.75, 3.05) is 11.9 Å². The summed E-state index contributed by atoms with van der Waals surface area (Å²) in [6, 6.07) is 10.5. The predicted molar refractivity (Wildman–Crippen MR) is 74.2 cm³/mol. The van der Waals surface area contributed by atoms with Gasteiger partial charge in [-0.3, -0.25) is 4.79 Å². The molecular formula is C14H11ClN2O3. The van der Waals surface area contributed by atoms with Crippen LogP contribution in [0.1, 0.15) is 0 Å². The molecule has 0 spiro atoms. The summed E-state index contributed by atoms with van der Waals surface area (Å²) in [4.78, 5) is 16.1. The standard InChI is InChI=1S/C14H11ClN2O3/c15-9-5-6-13(16-7-9)17-14(18)12-8-19-10-3-1-2-4-11(10)20-12/h1-7,12H,8H2,(H,16,17,18)/t12-/m0/s1. The molecular weight excluding hydrogens is 280 g/mol. The first-order chi connectivity index (χ1) is 9.72. The maximum atomic E-state index is 12.1. The van der Waals surface area contributed by atoms with Crippen LogP contribution in [0.5, 0.6) is 11.5 Å². The molecule has 6 heteroatoms. The summed E-state index contributed by atoms with van der Waals surface area (Å²) in [5.41, 5.74) is 0. The van der Waals surface area contributed by atoms with Crippen molar-refractivity contribution in [2.24, 2.45) is 0 Å². The zero-order valence-corrected chi connectivity index (χ0v) is 11.1. The number of aromatic nitrogens is 1. The monoisotopic (exact) mass is 290 g/mol. The number of carbonyl (C=O) groups is 1. The zero-order chi connectivity index (χ0) is 13.9. The molecule has 1 atom stereocenters. The van der Waals surface area contributed by atoms with E-state index < -0.39 is 6.10 Å². The largest absolute Gasteiger partial charge is 0.485 e. The van der Waals surface area contributed by atoms with Crippen LogP contribution in [0.2, 0.25) is 5.02 Å². The second kappa shape index (κ2) is 5.38. The van der Waals surface area contributed by atoms with Gasteiger partial charge in [0, 0.05) is 6.20 Å². The van der Waals surface area contributed by atoms with Gasteiger partial charge in [0.05, 0.1) is 5.02 Å². The Kier molecular flexibility index (Phi) is 3.43. The number of carbonyl (C=O) groups excluding carboxylic acids is 1. The SMILES string of the molecule is O=C(Nc1ccc(Cl)cn1)[C@@H]1COc2ccccc2O1. The number of para-hydroxylation sites is 2. The average Bonchev–Trinajstić information content (AvgIpc) is 2.49. The lowest BCUT2D eigenvalue weighted by atomic mass is 10.2. The molecule has 1 aliphatic heterocycles. The second-order valence-electron chi connectivity index (χ2n) is 4.22. The molecule has 1 N–H and O–H groups in total. The third-order valence-electron chi connectivity index (χ3n) is 2.78. The van der Waals surface area contributed by atoms with Crippen LogP contribution < -0.4 is 14.8 Å². The molecule has 20 heavy (non-hydrogen) atoms. The van der Waals surface area contributed by atoms with Crippen molar-refractivity contribution >= 4 is 23.3 Å². The highest BCUT2D eigenvalue weighted by molar-refractivity contribution is 6.30. The molecule has 0 fully saturated rings. The minimum absolute atomic E-state index is 0.163. The van der Waals surface area contributed by atoms with E-state index in [1.165, 1.54) is 6.20 Å². The number of fused-ring (bicyclic) bond motifs is 1. The van der Waals surface area contributed by atoms with Gasteiger partial charge in [-0.05, 0) is 24.3 Å². The minimum Gasteiger partial charge on any atom is -0.485 e. The van der Waals surface area contributed by atoms with Crippen LogP contribution in [0, 0.1) is 0 Å². The van der Waals surface area contributed by atoms with Crippen LogP contribution in [0.15, 0.2) is 42.6 Å². The van der Waals surface area contributed by atoms with Crippen molar-refractivity contribution in [3.05, 3.63) is 47.6 Å². The molecule has 1 amide bonds. The van der Waals surface area contributed by atoms with E-state index in [4.69, 9.17) is 21.1 Å². The van der Waals surface area contributed by atoms with Crippen LogP contribution in [-0.4, -0.2) is 23.6 Å². The smallest absolute Gasteiger partial charge is 0.270 e. The van der Waals surface area contributed by atoms with Gasteiger partial charge in [0.2, 0.25) is 6.10 Å². The highest BCUT2D eigenvalue weighted by Crippen LogP contribution is 2.31. The molecule has 1 aromatic carbocycles. The van der Waals surface area contributed by atoms with Gasteiger partial charge in [-0.2, -0.15) is 0 Å². The molecule has 0 radical (unpaired) electrons. The Hall–Kier alpha value is -2.27. The predicted octanol–water partition coefficient (Wildman–Crippen LogP) is 2.51. The topological polar surface area (TPSA) is 60.5 Å². The summed E-state index contributed by atoms with van der Waals surface area (Å²) >= 11 is 5.73. The van der Waals surface area contributed by atoms with E-state index in [-0.39, 0.29) is 12.5 Å². The number of nitrogens with zero attached hydrogens (tertiary/aromatic N) is 1. The molecule has 0 saturated carbocycles. The van der Waals surface area contributed by atoms with Gasteiger partial charge in [0.1, 0.15) is 12.4 Å². The number of anilines is 1. The van der Waals surface area contributed by atoms with Gasteiger partial charge in [0.15, 0.2) is 11.5 Å². The van der Waals surface area contributed by atoms with E-state index in [9.17, 15) is 4.79 Å². The van der Waals surface area contributed by atoms with Crippen LogP contribution >= 0.6 is 11.6 Å². The van der Waals surface area contributed by atoms with Gasteiger partial charge in [-0.15, -0.1) is 0 Å². The van der Waals surface area contributed by atoms with Gasteiger partial charge >= 0.3 is 0 Å². The van der Waals surface area contributed by atoms with E-state index >= 15 is 0 Å². The summed E-state index contributed by atoms with van der Waals surface area (Å²) in [5, 5.41) is 3.16. The van der Waals surface area contributed by atoms with Crippen molar-refractivity contribution < 1.29 is 14.3 Å². The fourth-order valence-electron chi connectivity index (χ4n) is 1.81. The van der Waals surface area contributed by atoms with E-state index in [0.717, 1.165) is 0 Å². The molecule has 0 unspecified atom stereocenters. The lowest BCUT2D eigenvalue weighted by Crippen LogP contribution is -2.40. The Morgan fingerprint density at radius 3 is 2.80 bits per heavy atom. The van der Waals surface area contributed by atoms with Crippen molar-refractivity contribution in [2.45, 2.75) is 6.10 Å². The molecule has 5 nitrogen and oxygen atoms in total. The molecule has 102 valence electrons. The number of halogens is 1. The van der Waals surface area contributed by atoms with Crippen LogP contribution in [0.4, 0.5) is 5.82 Å². The summed E-state index contributed by atoms with van der Waals surface area (Å²) in [5.74, 6) is 1.31. The Labute approximate surface area is 120 Å². The van der Waals surface area contributed by atoms with Crippen molar-refractivity contribution in [1.82, 2.24) is 4.98 Å². The lowest BCUT2D eigenvalue weighted by molar-refractivity contribution is -0.125. The fraction of sp³-hybridized carbons (Fsp3) is 0.143. The lowest BCUT2D eigenvalue weighted by Gasteiger charge is -2.25. The first kappa shape index (κ1) is 12.7. The molecule has 2 heterocycles. The summed E-state index contributed by atoms with van der Waals surface area (Å²) < 4.78 is 11.1. The third-order valence-corrected chi connectivity index (χ3v) is 3.00. The first-order valence-electron chi connectivity index (χ1n) is 6.03. The first-order valence-corrected chi connectivity index (χ1v) is 6.41. The number of benzene rings is 1. The molecule has 0 aliphatic carbocycles. The quantitative estimate of drug-likeness (QED) is 0.923. The average molecular weight is 291 g/mol. The number of amides is 1. The number of hydrogen-bond donors (Lipinski definition) is 1. The Morgan fingerprint density at radius 1 is 1.25 bits per heavy atom. The van der Waals surface area contributed by atoms with Gasteiger partial charge in [-0.25, -0.2) is 4.98 Å². The van der Waals surface area contributed by atoms with E-state index in [0.29, 0.717) is 22.3 Å². The van der Waals surface area contributed by atoms with Crippen LogP contribution in [0.3, 0.4) is 0 Å². The Bertz CT molecular complexity index is 631. The summed E-state index contributed by atoms with van der Waals surface area (Å²) in [7, 11) is 0. The maximum Gasteiger partial charge on any atom is 0.270 e. The third kappa shape index (κ3) is 2.67. The Morgan fingerprint density at radius 2 is 2.05 bits per heavy atom. The maximum absolute atomic E-state index is 12.1. The highest BCUT2D eigenvalue weighted by atomic mass is 35.5. The normalized spacial score (nSPS) is 16.6. The molecule has 1 aliphatic rings. The number of pyridine rings is 1.